The van der Waals surface area contributed by atoms with Gasteiger partial charge in [0.05, 0.1) is 0 Å². The Balaban J connectivity index is 1.94. The monoisotopic (exact) mass is 250 g/mol. The average molecular weight is 250 g/mol. The number of rotatable bonds is 4. The highest BCUT2D eigenvalue weighted by Gasteiger charge is 2.27. The first-order chi connectivity index (χ1) is 8.72. The fraction of sp³-hybridized carbons (Fsp3) is 0.583. The Morgan fingerprint density at radius 1 is 1.33 bits per heavy atom. The average Bonchev–Trinajstić information content (AvgIpc) is 2.41. The molecule has 6 heteroatoms. The molecule has 1 N–H and O–H groups in total. The van der Waals surface area contributed by atoms with Gasteiger partial charge in [-0.2, -0.15) is 0 Å². The summed E-state index contributed by atoms with van der Waals surface area (Å²) in [5.41, 5.74) is 0. The molecular weight excluding hydrogens is 232 g/mol. The van der Waals surface area contributed by atoms with Gasteiger partial charge in [-0.3, -0.25) is 9.69 Å². The van der Waals surface area contributed by atoms with Crippen LogP contribution < -0.4 is 4.90 Å². The predicted octanol–water partition coefficient (Wildman–Crippen LogP) is 0.462. The molecule has 0 unspecified atom stereocenters. The Bertz CT molecular complexity index is 390. The van der Waals surface area contributed by atoms with Crippen LogP contribution in [-0.2, 0) is 4.79 Å². The van der Waals surface area contributed by atoms with Crippen molar-refractivity contribution in [1.29, 1.82) is 0 Å². The van der Waals surface area contributed by atoms with Gasteiger partial charge in [0.2, 0.25) is 5.95 Å². The molecule has 0 amide bonds. The number of nitrogens with zero attached hydrogens (tertiary/aromatic N) is 4. The summed E-state index contributed by atoms with van der Waals surface area (Å²) in [7, 11) is 0. The summed E-state index contributed by atoms with van der Waals surface area (Å²) >= 11 is 0. The second-order valence-corrected chi connectivity index (χ2v) is 4.33. The maximum Gasteiger partial charge on any atom is 0.320 e. The summed E-state index contributed by atoms with van der Waals surface area (Å²) in [6.45, 7) is 4.93. The van der Waals surface area contributed by atoms with Crippen LogP contribution in [0.15, 0.2) is 18.5 Å². The first-order valence-electron chi connectivity index (χ1n) is 6.21. The Labute approximate surface area is 106 Å². The standard InChI is InChI=1S/C12H18N4O2/c1-2-10(11(17)18)15-6-8-16(9-7-15)12-13-4-3-5-14-12/h3-5,10H,2,6-9H2,1H3,(H,17,18)/t10-/m0/s1. The van der Waals surface area contributed by atoms with E-state index in [2.05, 4.69) is 14.9 Å². The van der Waals surface area contributed by atoms with Crippen LogP contribution in [0.3, 0.4) is 0 Å². The lowest BCUT2D eigenvalue weighted by Gasteiger charge is -2.37. The summed E-state index contributed by atoms with van der Waals surface area (Å²) in [6, 6.07) is 1.42. The van der Waals surface area contributed by atoms with E-state index >= 15 is 0 Å². The minimum Gasteiger partial charge on any atom is -0.480 e. The number of aromatic nitrogens is 2. The van der Waals surface area contributed by atoms with Crippen LogP contribution >= 0.6 is 0 Å². The van der Waals surface area contributed by atoms with Crippen molar-refractivity contribution < 1.29 is 9.90 Å². The zero-order valence-electron chi connectivity index (χ0n) is 10.5. The van der Waals surface area contributed by atoms with Crippen molar-refractivity contribution in [3.05, 3.63) is 18.5 Å². The molecule has 0 aliphatic carbocycles. The SMILES string of the molecule is CC[C@@H](C(=O)O)N1CCN(c2ncccn2)CC1. The van der Waals surface area contributed by atoms with Crippen molar-refractivity contribution in [2.75, 3.05) is 31.1 Å². The zero-order chi connectivity index (χ0) is 13.0. The first kappa shape index (κ1) is 12.8. The van der Waals surface area contributed by atoms with Gasteiger partial charge in [0, 0.05) is 38.6 Å². The second kappa shape index (κ2) is 5.77. The number of hydrogen-bond donors (Lipinski definition) is 1. The topological polar surface area (TPSA) is 69.6 Å². The minimum absolute atomic E-state index is 0.371. The quantitative estimate of drug-likeness (QED) is 0.837. The van der Waals surface area contributed by atoms with Crippen molar-refractivity contribution in [3.63, 3.8) is 0 Å². The van der Waals surface area contributed by atoms with Crippen molar-refractivity contribution in [1.82, 2.24) is 14.9 Å². The minimum atomic E-state index is -0.734. The highest BCUT2D eigenvalue weighted by atomic mass is 16.4. The van der Waals surface area contributed by atoms with Gasteiger partial charge in [0.15, 0.2) is 0 Å². The second-order valence-electron chi connectivity index (χ2n) is 4.33. The van der Waals surface area contributed by atoms with Crippen LogP contribution in [0.2, 0.25) is 0 Å². The van der Waals surface area contributed by atoms with Crippen LogP contribution in [0.5, 0.6) is 0 Å². The highest BCUT2D eigenvalue weighted by Crippen LogP contribution is 2.13. The van der Waals surface area contributed by atoms with Crippen molar-refractivity contribution in [2.45, 2.75) is 19.4 Å². The van der Waals surface area contributed by atoms with Gasteiger partial charge in [-0.1, -0.05) is 6.92 Å². The molecule has 2 heterocycles. The fourth-order valence-electron chi connectivity index (χ4n) is 2.28. The molecule has 18 heavy (non-hydrogen) atoms. The van der Waals surface area contributed by atoms with Crippen LogP contribution in [0.1, 0.15) is 13.3 Å². The molecule has 1 saturated heterocycles. The van der Waals surface area contributed by atoms with Crippen LogP contribution in [0, 0.1) is 0 Å². The van der Waals surface area contributed by atoms with Gasteiger partial charge in [-0.15, -0.1) is 0 Å². The van der Waals surface area contributed by atoms with Crippen LogP contribution in [0.4, 0.5) is 5.95 Å². The maximum absolute atomic E-state index is 11.1. The zero-order valence-corrected chi connectivity index (χ0v) is 10.5. The number of hydrogen-bond acceptors (Lipinski definition) is 5. The molecule has 0 radical (unpaired) electrons. The normalized spacial score (nSPS) is 18.6. The first-order valence-corrected chi connectivity index (χ1v) is 6.21. The smallest absolute Gasteiger partial charge is 0.320 e. The number of piperazine rings is 1. The molecule has 98 valence electrons. The van der Waals surface area contributed by atoms with E-state index in [1.165, 1.54) is 0 Å². The molecule has 6 nitrogen and oxygen atoms in total. The summed E-state index contributed by atoms with van der Waals surface area (Å²) in [5.74, 6) is -0.0116. The number of carboxylic acid groups (broad SMARTS) is 1. The molecule has 1 atom stereocenters. The summed E-state index contributed by atoms with van der Waals surface area (Å²) in [6.07, 6.45) is 4.08. The van der Waals surface area contributed by atoms with Gasteiger partial charge in [-0.05, 0) is 12.5 Å². The third-order valence-electron chi connectivity index (χ3n) is 3.26. The largest absolute Gasteiger partial charge is 0.480 e. The lowest BCUT2D eigenvalue weighted by molar-refractivity contribution is -0.143. The third-order valence-corrected chi connectivity index (χ3v) is 3.26. The Morgan fingerprint density at radius 3 is 2.44 bits per heavy atom. The van der Waals surface area contributed by atoms with Crippen LogP contribution in [0.25, 0.3) is 0 Å². The number of carboxylic acids is 1. The molecule has 1 aromatic rings. The van der Waals surface area contributed by atoms with Crippen molar-refractivity contribution in [2.24, 2.45) is 0 Å². The van der Waals surface area contributed by atoms with E-state index in [1.807, 2.05) is 11.8 Å². The Kier molecular flexibility index (Phi) is 4.09. The lowest BCUT2D eigenvalue weighted by Crippen LogP contribution is -2.52. The van der Waals surface area contributed by atoms with Gasteiger partial charge < -0.3 is 10.0 Å². The van der Waals surface area contributed by atoms with Gasteiger partial charge in [0.25, 0.3) is 0 Å². The number of anilines is 1. The summed E-state index contributed by atoms with van der Waals surface area (Å²) < 4.78 is 0. The molecule has 1 fully saturated rings. The molecule has 1 aliphatic heterocycles. The predicted molar refractivity (Wildman–Crippen MR) is 67.5 cm³/mol. The highest BCUT2D eigenvalue weighted by molar-refractivity contribution is 5.73. The molecule has 2 rings (SSSR count). The van der Waals surface area contributed by atoms with E-state index in [-0.39, 0.29) is 6.04 Å². The summed E-state index contributed by atoms with van der Waals surface area (Å²) in [4.78, 5) is 23.6. The van der Waals surface area contributed by atoms with Gasteiger partial charge in [0.1, 0.15) is 6.04 Å². The molecule has 1 aliphatic rings. The van der Waals surface area contributed by atoms with Crippen molar-refractivity contribution in [3.8, 4) is 0 Å². The Hall–Kier alpha value is -1.69. The van der Waals surface area contributed by atoms with Gasteiger partial charge in [-0.25, -0.2) is 9.97 Å². The molecule has 0 spiro atoms. The van der Waals surface area contributed by atoms with Gasteiger partial charge >= 0.3 is 5.97 Å². The van der Waals surface area contributed by atoms with E-state index < -0.39 is 5.97 Å². The molecule has 0 aromatic carbocycles. The molecule has 0 bridgehead atoms. The van der Waals surface area contributed by atoms with E-state index in [0.29, 0.717) is 6.42 Å². The fourth-order valence-corrected chi connectivity index (χ4v) is 2.28. The molecule has 1 aromatic heterocycles. The number of carbonyl (C=O) groups is 1. The lowest BCUT2D eigenvalue weighted by atomic mass is 10.1. The van der Waals surface area contributed by atoms with E-state index in [4.69, 9.17) is 5.11 Å². The number of aliphatic carboxylic acids is 1. The Morgan fingerprint density at radius 2 is 1.94 bits per heavy atom. The molecular formula is C12H18N4O2. The van der Waals surface area contributed by atoms with Crippen LogP contribution in [-0.4, -0.2) is 58.2 Å². The van der Waals surface area contributed by atoms with E-state index in [9.17, 15) is 4.79 Å². The third kappa shape index (κ3) is 2.76. The maximum atomic E-state index is 11.1. The van der Waals surface area contributed by atoms with Crippen molar-refractivity contribution >= 4 is 11.9 Å². The molecule has 0 saturated carbocycles. The van der Waals surface area contributed by atoms with E-state index in [0.717, 1.165) is 32.1 Å². The van der Waals surface area contributed by atoms with E-state index in [1.54, 1.807) is 18.5 Å². The summed E-state index contributed by atoms with van der Waals surface area (Å²) in [5, 5.41) is 9.13.